The van der Waals surface area contributed by atoms with Gasteiger partial charge in [0, 0.05) is 28.9 Å². The highest BCUT2D eigenvalue weighted by atomic mass is 16.2. The minimum absolute atomic E-state index is 0.0435. The molecule has 1 aromatic carbocycles. The first-order valence-corrected chi connectivity index (χ1v) is 8.23. The lowest BCUT2D eigenvalue weighted by atomic mass is 10.2. The third kappa shape index (κ3) is 3.59. The van der Waals surface area contributed by atoms with E-state index in [1.54, 1.807) is 24.3 Å². The maximum atomic E-state index is 12.4. The van der Waals surface area contributed by atoms with E-state index in [1.807, 2.05) is 12.1 Å². The van der Waals surface area contributed by atoms with Crippen LogP contribution >= 0.6 is 0 Å². The van der Waals surface area contributed by atoms with Crippen LogP contribution in [0.4, 0.5) is 11.5 Å². The maximum Gasteiger partial charge on any atom is 0.255 e. The van der Waals surface area contributed by atoms with Crippen LogP contribution < -0.4 is 10.6 Å². The number of H-pyrrole nitrogens is 1. The molecule has 1 aliphatic rings. The zero-order chi connectivity index (χ0) is 17.9. The fraction of sp³-hybridized carbons (Fsp3) is 0.167. The highest BCUT2D eigenvalue weighted by Crippen LogP contribution is 2.30. The normalized spacial score (nSPS) is 13.2. The number of rotatable bonds is 5. The molecule has 0 aliphatic heterocycles. The molecule has 1 fully saturated rings. The molecule has 3 aromatic rings. The van der Waals surface area contributed by atoms with Crippen LogP contribution in [0.25, 0.3) is 11.4 Å². The first kappa shape index (κ1) is 15.9. The summed E-state index contributed by atoms with van der Waals surface area (Å²) in [4.78, 5) is 32.4. The number of hydrogen-bond donors (Lipinski definition) is 3. The molecule has 2 aromatic heterocycles. The van der Waals surface area contributed by atoms with Gasteiger partial charge < -0.3 is 10.6 Å². The molecule has 1 saturated carbocycles. The number of anilines is 2. The highest BCUT2D eigenvalue weighted by Gasteiger charge is 2.29. The number of carbonyl (C=O) groups excluding carboxylic acids is 2. The van der Waals surface area contributed by atoms with E-state index in [0.717, 1.165) is 18.4 Å². The number of carbonyl (C=O) groups is 2. The molecule has 26 heavy (non-hydrogen) atoms. The molecule has 4 rings (SSSR count). The molecule has 3 N–H and O–H groups in total. The fourth-order valence-corrected chi connectivity index (χ4v) is 2.47. The van der Waals surface area contributed by atoms with Crippen LogP contribution in [0, 0.1) is 5.92 Å². The first-order valence-electron chi connectivity index (χ1n) is 8.23. The molecule has 0 unspecified atom stereocenters. The molecule has 1 aliphatic carbocycles. The van der Waals surface area contributed by atoms with Crippen LogP contribution in [0.5, 0.6) is 0 Å². The first-order chi connectivity index (χ1) is 12.7. The van der Waals surface area contributed by atoms with E-state index >= 15 is 0 Å². The Kier molecular flexibility index (Phi) is 4.14. The van der Waals surface area contributed by atoms with Gasteiger partial charge in [-0.3, -0.25) is 14.7 Å². The molecule has 130 valence electrons. The van der Waals surface area contributed by atoms with Gasteiger partial charge in [-0.1, -0.05) is 0 Å². The summed E-state index contributed by atoms with van der Waals surface area (Å²) < 4.78 is 0. The van der Waals surface area contributed by atoms with Crippen molar-refractivity contribution >= 4 is 23.3 Å². The lowest BCUT2D eigenvalue weighted by Gasteiger charge is -2.08. The summed E-state index contributed by atoms with van der Waals surface area (Å²) in [5, 5.41) is 12.2. The lowest BCUT2D eigenvalue weighted by molar-refractivity contribution is -0.117. The largest absolute Gasteiger partial charge is 0.322 e. The van der Waals surface area contributed by atoms with E-state index in [2.05, 4.69) is 30.8 Å². The van der Waals surface area contributed by atoms with Crippen LogP contribution in [0.1, 0.15) is 23.2 Å². The predicted molar refractivity (Wildman–Crippen MR) is 95.4 cm³/mol. The Balaban J connectivity index is 1.43. The third-order valence-corrected chi connectivity index (χ3v) is 4.05. The van der Waals surface area contributed by atoms with Crippen molar-refractivity contribution in [2.24, 2.45) is 5.92 Å². The van der Waals surface area contributed by atoms with Crippen molar-refractivity contribution in [1.82, 2.24) is 20.2 Å². The SMILES string of the molecule is O=C(Nc1ccc(-c2ncn[nH]2)cc1)c1ccnc(NC(=O)C2CC2)c1. The number of nitrogens with one attached hydrogen (secondary N) is 3. The Morgan fingerprint density at radius 2 is 1.85 bits per heavy atom. The molecule has 0 spiro atoms. The summed E-state index contributed by atoms with van der Waals surface area (Å²) >= 11 is 0. The van der Waals surface area contributed by atoms with Gasteiger partial charge in [-0.05, 0) is 49.2 Å². The molecular weight excluding hydrogens is 332 g/mol. The van der Waals surface area contributed by atoms with Crippen LogP contribution in [0.3, 0.4) is 0 Å². The van der Waals surface area contributed by atoms with Crippen molar-refractivity contribution in [2.75, 3.05) is 10.6 Å². The topological polar surface area (TPSA) is 113 Å². The number of amides is 2. The Labute approximate surface area is 149 Å². The molecular formula is C18H16N6O2. The van der Waals surface area contributed by atoms with Crippen molar-refractivity contribution in [1.29, 1.82) is 0 Å². The van der Waals surface area contributed by atoms with Crippen molar-refractivity contribution in [3.05, 3.63) is 54.5 Å². The average Bonchev–Trinajstić information content (AvgIpc) is 3.38. The van der Waals surface area contributed by atoms with Crippen molar-refractivity contribution in [2.45, 2.75) is 12.8 Å². The van der Waals surface area contributed by atoms with Gasteiger partial charge in [0.25, 0.3) is 5.91 Å². The van der Waals surface area contributed by atoms with E-state index in [4.69, 9.17) is 0 Å². The molecule has 0 radical (unpaired) electrons. The molecule has 2 amide bonds. The number of aromatic nitrogens is 4. The number of benzene rings is 1. The predicted octanol–water partition coefficient (Wildman–Crippen LogP) is 2.47. The smallest absolute Gasteiger partial charge is 0.255 e. The molecule has 0 atom stereocenters. The second-order valence-electron chi connectivity index (χ2n) is 6.06. The summed E-state index contributed by atoms with van der Waals surface area (Å²) in [7, 11) is 0. The molecule has 0 saturated heterocycles. The van der Waals surface area contributed by atoms with Crippen molar-refractivity contribution in [3.63, 3.8) is 0 Å². The van der Waals surface area contributed by atoms with Crippen LogP contribution in [-0.2, 0) is 4.79 Å². The minimum atomic E-state index is -0.276. The number of aromatic amines is 1. The highest BCUT2D eigenvalue weighted by molar-refractivity contribution is 6.05. The van der Waals surface area contributed by atoms with Gasteiger partial charge in [0.2, 0.25) is 5.91 Å². The van der Waals surface area contributed by atoms with Gasteiger partial charge in [0.1, 0.15) is 12.1 Å². The fourth-order valence-electron chi connectivity index (χ4n) is 2.47. The number of nitrogens with zero attached hydrogens (tertiary/aromatic N) is 3. The summed E-state index contributed by atoms with van der Waals surface area (Å²) in [5.74, 6) is 0.806. The summed E-state index contributed by atoms with van der Waals surface area (Å²) in [6.07, 6.45) is 4.77. The second kappa shape index (κ2) is 6.75. The molecule has 8 heteroatoms. The van der Waals surface area contributed by atoms with Crippen molar-refractivity contribution < 1.29 is 9.59 Å². The summed E-state index contributed by atoms with van der Waals surface area (Å²) in [6.45, 7) is 0. The van der Waals surface area contributed by atoms with E-state index in [1.165, 1.54) is 12.5 Å². The zero-order valence-electron chi connectivity index (χ0n) is 13.8. The minimum Gasteiger partial charge on any atom is -0.322 e. The van der Waals surface area contributed by atoms with Crippen LogP contribution in [0.15, 0.2) is 48.9 Å². The summed E-state index contributed by atoms with van der Waals surface area (Å²) in [6, 6.07) is 10.4. The van der Waals surface area contributed by atoms with E-state index in [0.29, 0.717) is 22.9 Å². The molecule has 2 heterocycles. The lowest BCUT2D eigenvalue weighted by Crippen LogP contribution is -2.16. The molecule has 0 bridgehead atoms. The Hall–Kier alpha value is -3.55. The summed E-state index contributed by atoms with van der Waals surface area (Å²) in [5.41, 5.74) is 1.94. The van der Waals surface area contributed by atoms with Gasteiger partial charge in [-0.25, -0.2) is 9.97 Å². The van der Waals surface area contributed by atoms with E-state index in [-0.39, 0.29) is 17.7 Å². The van der Waals surface area contributed by atoms with Crippen molar-refractivity contribution in [3.8, 4) is 11.4 Å². The van der Waals surface area contributed by atoms with Gasteiger partial charge in [-0.15, -0.1) is 0 Å². The third-order valence-electron chi connectivity index (χ3n) is 4.05. The average molecular weight is 348 g/mol. The molecule has 8 nitrogen and oxygen atoms in total. The second-order valence-corrected chi connectivity index (χ2v) is 6.06. The Morgan fingerprint density at radius 3 is 2.54 bits per heavy atom. The van der Waals surface area contributed by atoms with Gasteiger partial charge >= 0.3 is 0 Å². The monoisotopic (exact) mass is 348 g/mol. The maximum absolute atomic E-state index is 12.4. The van der Waals surface area contributed by atoms with Crippen LogP contribution in [0.2, 0.25) is 0 Å². The number of pyridine rings is 1. The van der Waals surface area contributed by atoms with Crippen LogP contribution in [-0.4, -0.2) is 32.0 Å². The zero-order valence-corrected chi connectivity index (χ0v) is 13.8. The van der Waals surface area contributed by atoms with E-state index in [9.17, 15) is 9.59 Å². The standard InChI is InChI=1S/C18H16N6O2/c25-17(12-1-2-12)23-15-9-13(7-8-19-15)18(26)22-14-5-3-11(4-6-14)16-20-10-21-24-16/h3-10,12H,1-2H2,(H,22,26)(H,19,23,25)(H,20,21,24). The van der Waals surface area contributed by atoms with Gasteiger partial charge in [0.05, 0.1) is 0 Å². The van der Waals surface area contributed by atoms with E-state index < -0.39 is 0 Å². The number of hydrogen-bond acceptors (Lipinski definition) is 5. The quantitative estimate of drug-likeness (QED) is 0.655. The Bertz CT molecular complexity index is 933. The van der Waals surface area contributed by atoms with Gasteiger partial charge in [-0.2, -0.15) is 5.10 Å². The van der Waals surface area contributed by atoms with Gasteiger partial charge in [0.15, 0.2) is 5.82 Å². The Morgan fingerprint density at radius 1 is 1.04 bits per heavy atom.